The lowest BCUT2D eigenvalue weighted by Gasteiger charge is -2.40. The molecule has 2 aromatic rings. The number of carbonyl (C=O) groups is 1. The van der Waals surface area contributed by atoms with Crippen molar-refractivity contribution in [2.24, 2.45) is 13.0 Å². The molecule has 5 nitrogen and oxygen atoms in total. The minimum atomic E-state index is 0.0590. The molecule has 1 aromatic heterocycles. The number of aryl methyl sites for hydroxylation is 2. The molecule has 2 N–H and O–H groups in total. The first kappa shape index (κ1) is 16.3. The summed E-state index contributed by atoms with van der Waals surface area (Å²) in [5.41, 5.74) is 2.14. The number of nitrogens with zero attached hydrogens (tertiary/aromatic N) is 2. The zero-order chi connectivity index (χ0) is 17.2. The predicted octanol–water partition coefficient (Wildman–Crippen LogP) is 2.62. The highest BCUT2D eigenvalue weighted by Crippen LogP contribution is 2.27. The molecule has 3 atom stereocenters. The Balaban J connectivity index is 1.40. The molecular formula is C20H26N4O. The minimum Gasteiger partial charge on any atom is -0.340 e. The van der Waals surface area contributed by atoms with Crippen molar-refractivity contribution in [3.05, 3.63) is 42.4 Å². The predicted molar refractivity (Wildman–Crippen MR) is 97.8 cm³/mol. The Morgan fingerprint density at radius 2 is 2.00 bits per heavy atom. The van der Waals surface area contributed by atoms with Crippen LogP contribution in [0.15, 0.2) is 36.5 Å². The van der Waals surface area contributed by atoms with Crippen LogP contribution in [0.3, 0.4) is 0 Å². The third-order valence-corrected chi connectivity index (χ3v) is 5.53. The van der Waals surface area contributed by atoms with Crippen molar-refractivity contribution in [3.8, 4) is 11.3 Å². The molecule has 25 heavy (non-hydrogen) atoms. The molecule has 1 aromatic carbocycles. The van der Waals surface area contributed by atoms with E-state index in [4.69, 9.17) is 4.98 Å². The fraction of sp³-hybridized carbons (Fsp3) is 0.500. The minimum absolute atomic E-state index is 0.0590. The molecule has 2 aliphatic rings. The van der Waals surface area contributed by atoms with Crippen molar-refractivity contribution >= 4 is 5.91 Å². The van der Waals surface area contributed by atoms with Gasteiger partial charge in [0.2, 0.25) is 5.91 Å². The number of imidazole rings is 1. The van der Waals surface area contributed by atoms with Gasteiger partial charge in [0.25, 0.3) is 0 Å². The number of amides is 1. The van der Waals surface area contributed by atoms with Crippen LogP contribution in [0.5, 0.6) is 0 Å². The summed E-state index contributed by atoms with van der Waals surface area (Å²) in [6.07, 6.45) is 8.40. The Bertz CT molecular complexity index is 739. The molecule has 1 amide bonds. The van der Waals surface area contributed by atoms with Crippen molar-refractivity contribution < 1.29 is 4.79 Å². The molecule has 0 radical (unpaired) electrons. The van der Waals surface area contributed by atoms with E-state index in [1.54, 1.807) is 0 Å². The normalized spacial score (nSPS) is 26.1. The number of nitrogens with one attached hydrogen (secondary N) is 2. The van der Waals surface area contributed by atoms with Gasteiger partial charge in [-0.15, -0.1) is 0 Å². The van der Waals surface area contributed by atoms with Crippen molar-refractivity contribution in [3.63, 3.8) is 0 Å². The van der Waals surface area contributed by atoms with Crippen LogP contribution in [0, 0.1) is 5.92 Å². The second kappa shape index (κ2) is 7.00. The van der Waals surface area contributed by atoms with Gasteiger partial charge in [-0.3, -0.25) is 10.1 Å². The van der Waals surface area contributed by atoms with E-state index in [2.05, 4.69) is 33.5 Å². The van der Waals surface area contributed by atoms with Crippen molar-refractivity contribution in [2.45, 2.75) is 50.7 Å². The smallest absolute Gasteiger partial charge is 0.225 e. The topological polar surface area (TPSA) is 59.0 Å². The van der Waals surface area contributed by atoms with E-state index in [0.717, 1.165) is 42.8 Å². The van der Waals surface area contributed by atoms with Gasteiger partial charge in [-0.2, -0.15) is 0 Å². The fourth-order valence-electron chi connectivity index (χ4n) is 4.14. The van der Waals surface area contributed by atoms with Gasteiger partial charge in [0, 0.05) is 31.3 Å². The molecular weight excluding hydrogens is 312 g/mol. The Kier molecular flexibility index (Phi) is 4.57. The maximum absolute atomic E-state index is 12.3. The zero-order valence-corrected chi connectivity index (χ0v) is 14.7. The number of rotatable bonds is 4. The summed E-state index contributed by atoms with van der Waals surface area (Å²) in [5, 5.41) is 6.80. The van der Waals surface area contributed by atoms with Crippen LogP contribution in [0.25, 0.3) is 11.3 Å². The van der Waals surface area contributed by atoms with Gasteiger partial charge in [-0.25, -0.2) is 4.98 Å². The van der Waals surface area contributed by atoms with Crippen LogP contribution in [-0.4, -0.2) is 27.7 Å². The Labute approximate surface area is 148 Å². The van der Waals surface area contributed by atoms with Crippen LogP contribution in [0.1, 0.15) is 37.9 Å². The maximum atomic E-state index is 12.3. The van der Waals surface area contributed by atoms with E-state index in [9.17, 15) is 4.79 Å². The van der Waals surface area contributed by atoms with Gasteiger partial charge in [0.15, 0.2) is 0 Å². The highest BCUT2D eigenvalue weighted by atomic mass is 16.2. The number of aromatic nitrogens is 2. The first-order valence-electron chi connectivity index (χ1n) is 9.35. The quantitative estimate of drug-likeness (QED) is 0.901. The largest absolute Gasteiger partial charge is 0.340 e. The Morgan fingerprint density at radius 1 is 1.20 bits per heavy atom. The summed E-state index contributed by atoms with van der Waals surface area (Å²) in [7, 11) is 2.04. The number of carbonyl (C=O) groups excluding carboxylic acids is 1. The summed E-state index contributed by atoms with van der Waals surface area (Å²) in [6.45, 7) is 0. The molecule has 2 fully saturated rings. The van der Waals surface area contributed by atoms with Gasteiger partial charge in [-0.05, 0) is 19.3 Å². The average Bonchev–Trinajstić information content (AvgIpc) is 3.02. The molecule has 2 heterocycles. The first-order chi connectivity index (χ1) is 12.2. The van der Waals surface area contributed by atoms with E-state index < -0.39 is 0 Å². The van der Waals surface area contributed by atoms with Crippen molar-refractivity contribution in [1.29, 1.82) is 0 Å². The summed E-state index contributed by atoms with van der Waals surface area (Å²) in [5.74, 6) is 1.46. The lowest BCUT2D eigenvalue weighted by atomic mass is 9.82. The van der Waals surface area contributed by atoms with E-state index in [1.807, 2.05) is 25.2 Å². The maximum Gasteiger partial charge on any atom is 0.225 e. The number of hydrogen-bond acceptors (Lipinski definition) is 3. The summed E-state index contributed by atoms with van der Waals surface area (Å²) in [4.78, 5) is 17.1. The van der Waals surface area contributed by atoms with Crippen LogP contribution >= 0.6 is 0 Å². The lowest BCUT2D eigenvalue weighted by molar-refractivity contribution is -0.130. The third kappa shape index (κ3) is 3.47. The average molecular weight is 338 g/mol. The molecule has 1 aliphatic carbocycles. The summed E-state index contributed by atoms with van der Waals surface area (Å²) in [6, 6.07) is 10.6. The second-order valence-corrected chi connectivity index (χ2v) is 7.28. The molecule has 3 unspecified atom stereocenters. The van der Waals surface area contributed by atoms with Crippen molar-refractivity contribution in [1.82, 2.24) is 20.2 Å². The van der Waals surface area contributed by atoms with Crippen molar-refractivity contribution in [2.75, 3.05) is 0 Å². The van der Waals surface area contributed by atoms with Crippen LogP contribution in [-0.2, 0) is 18.3 Å². The molecule has 132 valence electrons. The number of benzene rings is 1. The zero-order valence-electron chi connectivity index (χ0n) is 14.7. The lowest BCUT2D eigenvalue weighted by Crippen LogP contribution is -2.62. The van der Waals surface area contributed by atoms with E-state index in [1.165, 1.54) is 12.8 Å². The van der Waals surface area contributed by atoms with Crippen LogP contribution < -0.4 is 10.6 Å². The van der Waals surface area contributed by atoms with Crippen LogP contribution in [0.2, 0.25) is 0 Å². The Hall–Kier alpha value is -2.14. The summed E-state index contributed by atoms with van der Waals surface area (Å²) >= 11 is 0. The van der Waals surface area contributed by atoms with E-state index in [-0.39, 0.29) is 18.0 Å². The van der Waals surface area contributed by atoms with Gasteiger partial charge in [0.05, 0.1) is 17.8 Å². The Morgan fingerprint density at radius 3 is 2.84 bits per heavy atom. The molecule has 0 bridgehead atoms. The van der Waals surface area contributed by atoms with Gasteiger partial charge in [0.1, 0.15) is 5.82 Å². The number of fused-ring (bicyclic) bond motifs is 1. The van der Waals surface area contributed by atoms with Gasteiger partial charge in [-0.1, -0.05) is 43.2 Å². The summed E-state index contributed by atoms with van der Waals surface area (Å²) < 4.78 is 2.09. The van der Waals surface area contributed by atoms with E-state index >= 15 is 0 Å². The molecule has 1 saturated carbocycles. The van der Waals surface area contributed by atoms with Gasteiger partial charge < -0.3 is 9.88 Å². The van der Waals surface area contributed by atoms with Gasteiger partial charge >= 0.3 is 0 Å². The SMILES string of the molecule is Cn1cc(-c2ccccc2)nc1CCC1NC(=O)C2CCCCC2N1. The first-order valence-corrected chi connectivity index (χ1v) is 9.35. The monoisotopic (exact) mass is 338 g/mol. The molecule has 1 aliphatic heterocycles. The second-order valence-electron chi connectivity index (χ2n) is 7.28. The molecule has 4 rings (SSSR count). The number of hydrogen-bond donors (Lipinski definition) is 2. The highest BCUT2D eigenvalue weighted by molar-refractivity contribution is 5.80. The highest BCUT2D eigenvalue weighted by Gasteiger charge is 2.37. The standard InChI is InChI=1S/C20H26N4O/c1-24-13-17(14-7-3-2-4-8-14)22-19(24)12-11-18-21-16-10-6-5-9-15(16)20(25)23-18/h2-4,7-8,13,15-16,18,21H,5-6,9-12H2,1H3,(H,23,25). The van der Waals surface area contributed by atoms with Crippen LogP contribution in [0.4, 0.5) is 0 Å². The molecule has 5 heteroatoms. The molecule has 0 spiro atoms. The van der Waals surface area contributed by atoms with E-state index in [0.29, 0.717) is 6.04 Å². The third-order valence-electron chi connectivity index (χ3n) is 5.53. The molecule has 1 saturated heterocycles. The fourth-order valence-corrected chi connectivity index (χ4v) is 4.14.